The van der Waals surface area contributed by atoms with Gasteiger partial charge < -0.3 is 24.7 Å². The Morgan fingerprint density at radius 2 is 1.94 bits per heavy atom. The minimum absolute atomic E-state index is 0.00149. The molecule has 3 aromatic rings. The number of fused-ring (bicyclic) bond motifs is 1. The standard InChI is InChI=1S/C25H25ClN4O4/c1-5-23(31)29-19-8-6-7-18(19)28-22-12-20-14(13-27-22)9-17(25(32)30(20)2)16-10-15(33-3)11-21(34-4)24(16)26/h1,9-13,18-19H,6-8H2,2-4H3,(H,27,28)(H,29,31). The number of amides is 1. The van der Waals surface area contributed by atoms with Gasteiger partial charge in [0.2, 0.25) is 0 Å². The van der Waals surface area contributed by atoms with Crippen LogP contribution in [0.2, 0.25) is 5.02 Å². The van der Waals surface area contributed by atoms with Crippen LogP contribution in [-0.2, 0) is 11.8 Å². The van der Waals surface area contributed by atoms with Gasteiger partial charge >= 0.3 is 0 Å². The van der Waals surface area contributed by atoms with E-state index in [-0.39, 0.29) is 17.6 Å². The van der Waals surface area contributed by atoms with Gasteiger partial charge in [-0.1, -0.05) is 11.6 Å². The minimum Gasteiger partial charge on any atom is -0.497 e. The highest BCUT2D eigenvalue weighted by Crippen LogP contribution is 2.38. The maximum atomic E-state index is 13.3. The van der Waals surface area contributed by atoms with Crippen LogP contribution in [0.3, 0.4) is 0 Å². The lowest BCUT2D eigenvalue weighted by atomic mass is 10.0. The molecule has 0 spiro atoms. The molecule has 1 aliphatic carbocycles. The second-order valence-corrected chi connectivity index (χ2v) is 8.53. The highest BCUT2D eigenvalue weighted by molar-refractivity contribution is 6.35. The molecule has 0 bridgehead atoms. The molecular weight excluding hydrogens is 456 g/mol. The summed E-state index contributed by atoms with van der Waals surface area (Å²) in [6, 6.07) is 6.90. The van der Waals surface area contributed by atoms with Gasteiger partial charge in [-0.15, -0.1) is 6.42 Å². The van der Waals surface area contributed by atoms with Gasteiger partial charge in [0.25, 0.3) is 11.5 Å². The lowest BCUT2D eigenvalue weighted by Crippen LogP contribution is -2.42. The Hall–Kier alpha value is -3.70. The lowest BCUT2D eigenvalue weighted by Gasteiger charge is -2.22. The summed E-state index contributed by atoms with van der Waals surface area (Å²) in [7, 11) is 4.75. The number of benzene rings is 1. The van der Waals surface area contributed by atoms with Crippen LogP contribution in [0.1, 0.15) is 19.3 Å². The number of pyridine rings is 2. The molecule has 1 amide bonds. The molecule has 0 radical (unpaired) electrons. The molecule has 2 aromatic heterocycles. The third kappa shape index (κ3) is 4.39. The minimum atomic E-state index is -0.423. The van der Waals surface area contributed by atoms with Gasteiger partial charge in [-0.05, 0) is 37.3 Å². The Balaban J connectivity index is 1.71. The fourth-order valence-electron chi connectivity index (χ4n) is 4.38. The average molecular weight is 481 g/mol. The first-order chi connectivity index (χ1) is 16.4. The van der Waals surface area contributed by atoms with Crippen molar-refractivity contribution in [3.8, 4) is 35.0 Å². The number of nitrogens with one attached hydrogen (secondary N) is 2. The van der Waals surface area contributed by atoms with E-state index in [4.69, 9.17) is 27.5 Å². The number of methoxy groups -OCH3 is 2. The van der Waals surface area contributed by atoms with Crippen LogP contribution in [0.4, 0.5) is 5.82 Å². The predicted molar refractivity (Wildman–Crippen MR) is 133 cm³/mol. The van der Waals surface area contributed by atoms with E-state index in [2.05, 4.69) is 21.5 Å². The molecule has 2 atom stereocenters. The van der Waals surface area contributed by atoms with E-state index in [1.54, 1.807) is 36.0 Å². The first-order valence-electron chi connectivity index (χ1n) is 10.8. The highest BCUT2D eigenvalue weighted by atomic mass is 35.5. The summed E-state index contributed by atoms with van der Waals surface area (Å²) in [5.74, 6) is 3.23. The van der Waals surface area contributed by atoms with E-state index in [1.165, 1.54) is 14.2 Å². The summed E-state index contributed by atoms with van der Waals surface area (Å²) >= 11 is 6.53. The largest absolute Gasteiger partial charge is 0.497 e. The highest BCUT2D eigenvalue weighted by Gasteiger charge is 2.28. The number of carbonyl (C=O) groups excluding carboxylic acids is 1. The second kappa shape index (κ2) is 9.65. The number of nitrogens with zero attached hydrogens (tertiary/aromatic N) is 2. The van der Waals surface area contributed by atoms with Gasteiger partial charge in [0.15, 0.2) is 0 Å². The van der Waals surface area contributed by atoms with E-state index in [9.17, 15) is 9.59 Å². The normalized spacial score (nSPS) is 17.3. The van der Waals surface area contributed by atoms with Crippen molar-refractivity contribution in [3.63, 3.8) is 0 Å². The molecule has 1 fully saturated rings. The summed E-state index contributed by atoms with van der Waals surface area (Å²) in [4.78, 5) is 29.5. The molecule has 0 aliphatic heterocycles. The van der Waals surface area contributed by atoms with Crippen LogP contribution < -0.4 is 25.7 Å². The SMILES string of the molecule is C#CC(=O)NC1CCCC1Nc1cc2c(cn1)cc(-c1cc(OC)cc(OC)c1Cl)c(=O)n2C. The van der Waals surface area contributed by atoms with Crippen molar-refractivity contribution in [1.29, 1.82) is 0 Å². The summed E-state index contributed by atoms with van der Waals surface area (Å²) < 4.78 is 12.3. The van der Waals surface area contributed by atoms with Crippen LogP contribution in [0.15, 0.2) is 35.3 Å². The van der Waals surface area contributed by atoms with Crippen molar-refractivity contribution < 1.29 is 14.3 Å². The number of terminal acetylenes is 1. The summed E-state index contributed by atoms with van der Waals surface area (Å²) in [6.45, 7) is 0. The van der Waals surface area contributed by atoms with Crippen LogP contribution in [-0.4, -0.2) is 41.8 Å². The monoisotopic (exact) mass is 480 g/mol. The predicted octanol–water partition coefficient (Wildman–Crippen LogP) is 3.35. The molecule has 0 saturated heterocycles. The van der Waals surface area contributed by atoms with E-state index in [0.717, 1.165) is 24.6 Å². The number of carbonyl (C=O) groups is 1. The number of halogens is 1. The summed E-state index contributed by atoms with van der Waals surface area (Å²) in [5, 5.41) is 7.33. The van der Waals surface area contributed by atoms with Crippen LogP contribution in [0.5, 0.6) is 11.5 Å². The molecule has 8 nitrogen and oxygen atoms in total. The van der Waals surface area contributed by atoms with E-state index < -0.39 is 5.91 Å². The van der Waals surface area contributed by atoms with Gasteiger partial charge in [-0.3, -0.25) is 9.59 Å². The molecular formula is C25H25ClN4O4. The number of aryl methyl sites for hydroxylation is 1. The van der Waals surface area contributed by atoms with Gasteiger partial charge in [0, 0.05) is 54.0 Å². The zero-order valence-corrected chi connectivity index (χ0v) is 19.9. The van der Waals surface area contributed by atoms with E-state index in [0.29, 0.717) is 39.0 Å². The summed E-state index contributed by atoms with van der Waals surface area (Å²) in [5.41, 5.74) is 1.41. The maximum Gasteiger partial charge on any atom is 0.295 e. The zero-order valence-electron chi connectivity index (χ0n) is 19.1. The van der Waals surface area contributed by atoms with Gasteiger partial charge in [-0.25, -0.2) is 4.98 Å². The van der Waals surface area contributed by atoms with Crippen molar-refractivity contribution >= 4 is 34.2 Å². The smallest absolute Gasteiger partial charge is 0.295 e. The molecule has 1 aliphatic rings. The average Bonchev–Trinajstić information content (AvgIpc) is 3.28. The van der Waals surface area contributed by atoms with Crippen molar-refractivity contribution in [1.82, 2.24) is 14.9 Å². The number of hydrogen-bond acceptors (Lipinski definition) is 6. The molecule has 2 unspecified atom stereocenters. The quantitative estimate of drug-likeness (QED) is 0.525. The van der Waals surface area contributed by atoms with Crippen LogP contribution in [0, 0.1) is 12.3 Å². The Kier molecular flexibility index (Phi) is 6.66. The molecule has 4 rings (SSSR count). The van der Waals surface area contributed by atoms with Gasteiger partial charge in [0.1, 0.15) is 17.3 Å². The lowest BCUT2D eigenvalue weighted by molar-refractivity contribution is -0.116. The fraction of sp³-hybridized carbons (Fsp3) is 0.320. The van der Waals surface area contributed by atoms with Crippen LogP contribution >= 0.6 is 11.6 Å². The topological polar surface area (TPSA) is 94.5 Å². The molecule has 2 heterocycles. The molecule has 9 heteroatoms. The molecule has 1 saturated carbocycles. The molecule has 34 heavy (non-hydrogen) atoms. The van der Waals surface area contributed by atoms with E-state index in [1.807, 2.05) is 6.07 Å². The Bertz CT molecular complexity index is 1360. The maximum absolute atomic E-state index is 13.3. The summed E-state index contributed by atoms with van der Waals surface area (Å²) in [6.07, 6.45) is 9.57. The zero-order chi connectivity index (χ0) is 24.4. The number of anilines is 1. The third-order valence-corrected chi connectivity index (χ3v) is 6.55. The number of rotatable bonds is 6. The van der Waals surface area contributed by atoms with Crippen molar-refractivity contribution in [2.45, 2.75) is 31.3 Å². The number of ether oxygens (including phenoxy) is 2. The number of aromatic nitrogens is 2. The van der Waals surface area contributed by atoms with Gasteiger partial charge in [0.05, 0.1) is 24.8 Å². The van der Waals surface area contributed by atoms with Gasteiger partial charge in [-0.2, -0.15) is 0 Å². The first kappa shape index (κ1) is 23.5. The van der Waals surface area contributed by atoms with Crippen molar-refractivity contribution in [2.24, 2.45) is 7.05 Å². The second-order valence-electron chi connectivity index (χ2n) is 8.15. The molecule has 2 N–H and O–H groups in total. The number of hydrogen-bond donors (Lipinski definition) is 2. The van der Waals surface area contributed by atoms with E-state index >= 15 is 0 Å². The Morgan fingerprint density at radius 3 is 2.65 bits per heavy atom. The first-order valence-corrected chi connectivity index (χ1v) is 11.2. The Morgan fingerprint density at radius 1 is 1.18 bits per heavy atom. The van der Waals surface area contributed by atoms with Crippen molar-refractivity contribution in [2.75, 3.05) is 19.5 Å². The molecule has 1 aromatic carbocycles. The van der Waals surface area contributed by atoms with Crippen LogP contribution in [0.25, 0.3) is 22.0 Å². The molecule has 176 valence electrons. The third-order valence-electron chi connectivity index (χ3n) is 6.16. The van der Waals surface area contributed by atoms with Crippen molar-refractivity contribution in [3.05, 3.63) is 45.8 Å². The Labute approximate surface area is 202 Å². The fourth-order valence-corrected chi connectivity index (χ4v) is 4.66.